The average molecular weight is 481 g/mol. The molecule has 1 aromatic heterocycles. The van der Waals surface area contributed by atoms with Gasteiger partial charge in [0.05, 0.1) is 12.8 Å². The molecule has 1 aromatic rings. The maximum Gasteiger partial charge on any atom is 0.287 e. The highest BCUT2D eigenvalue weighted by molar-refractivity contribution is 14.0. The van der Waals surface area contributed by atoms with Crippen LogP contribution < -0.4 is 16.0 Å². The second-order valence-corrected chi connectivity index (χ2v) is 5.57. The first-order chi connectivity index (χ1) is 12.2. The Morgan fingerprint density at radius 2 is 2.04 bits per heavy atom. The van der Waals surface area contributed by atoms with Crippen LogP contribution in [0.15, 0.2) is 27.8 Å². The minimum atomic E-state index is -0.216. The number of ether oxygens (including phenoxy) is 1. The molecule has 3 N–H and O–H groups in total. The molecule has 1 rings (SSSR count). The van der Waals surface area contributed by atoms with Crippen molar-refractivity contribution in [1.29, 1.82) is 0 Å². The van der Waals surface area contributed by atoms with Crippen LogP contribution in [0.3, 0.4) is 0 Å². The van der Waals surface area contributed by atoms with Crippen molar-refractivity contribution in [3.8, 4) is 0 Å². The van der Waals surface area contributed by atoms with Crippen molar-refractivity contribution >= 4 is 35.8 Å². The summed E-state index contributed by atoms with van der Waals surface area (Å²) in [5.74, 6) is 0.851. The van der Waals surface area contributed by atoms with Crippen LogP contribution in [0.4, 0.5) is 0 Å². The van der Waals surface area contributed by atoms with Crippen molar-refractivity contribution in [3.63, 3.8) is 0 Å². The lowest BCUT2D eigenvalue weighted by Crippen LogP contribution is -2.41. The fraction of sp³-hybridized carbons (Fsp3) is 0.647. The highest BCUT2D eigenvalue weighted by Gasteiger charge is 2.06. The number of carbonyl (C=O) groups is 1. The quantitative estimate of drug-likeness (QED) is 0.180. The molecule has 0 atom stereocenters. The fourth-order valence-electron chi connectivity index (χ4n) is 2.12. The molecule has 0 radical (unpaired) electrons. The first kappa shape index (κ1) is 24.7. The first-order valence-corrected chi connectivity index (χ1v) is 8.68. The van der Waals surface area contributed by atoms with Crippen molar-refractivity contribution in [3.05, 3.63) is 24.2 Å². The van der Waals surface area contributed by atoms with Gasteiger partial charge in [-0.05, 0) is 32.5 Å². The number of halogens is 1. The van der Waals surface area contributed by atoms with E-state index in [2.05, 4.69) is 32.9 Å². The van der Waals surface area contributed by atoms with Crippen molar-refractivity contribution in [2.24, 2.45) is 4.99 Å². The third kappa shape index (κ3) is 11.3. The number of hydrogen-bond donors (Lipinski definition) is 3. The summed E-state index contributed by atoms with van der Waals surface area (Å²) >= 11 is 0. The van der Waals surface area contributed by atoms with E-state index in [0.717, 1.165) is 38.6 Å². The van der Waals surface area contributed by atoms with E-state index < -0.39 is 0 Å². The van der Waals surface area contributed by atoms with E-state index in [1.54, 1.807) is 19.2 Å². The van der Waals surface area contributed by atoms with E-state index in [0.29, 0.717) is 25.4 Å². The number of nitrogens with zero attached hydrogens (tertiary/aromatic N) is 2. The lowest BCUT2D eigenvalue weighted by atomic mass is 10.4. The van der Waals surface area contributed by atoms with Crippen LogP contribution in [-0.4, -0.2) is 76.8 Å². The summed E-state index contributed by atoms with van der Waals surface area (Å²) in [5, 5.41) is 9.18. The van der Waals surface area contributed by atoms with Gasteiger partial charge in [-0.1, -0.05) is 0 Å². The predicted molar refractivity (Wildman–Crippen MR) is 114 cm³/mol. The smallest absolute Gasteiger partial charge is 0.287 e. The summed E-state index contributed by atoms with van der Waals surface area (Å²) in [4.78, 5) is 18.5. The molecular weight excluding hydrogens is 449 g/mol. The molecule has 0 aliphatic carbocycles. The van der Waals surface area contributed by atoms with Gasteiger partial charge >= 0.3 is 0 Å². The van der Waals surface area contributed by atoms with E-state index in [-0.39, 0.29) is 29.9 Å². The molecule has 1 heterocycles. The number of hydrogen-bond acceptors (Lipinski definition) is 5. The van der Waals surface area contributed by atoms with Crippen molar-refractivity contribution in [1.82, 2.24) is 20.9 Å². The summed E-state index contributed by atoms with van der Waals surface area (Å²) in [5.41, 5.74) is 0. The summed E-state index contributed by atoms with van der Waals surface area (Å²) in [7, 11) is 3.80. The first-order valence-electron chi connectivity index (χ1n) is 8.68. The molecule has 0 saturated heterocycles. The van der Waals surface area contributed by atoms with Gasteiger partial charge in [-0.25, -0.2) is 0 Å². The Balaban J connectivity index is 0.00000625. The van der Waals surface area contributed by atoms with Crippen LogP contribution in [0.25, 0.3) is 0 Å². The second kappa shape index (κ2) is 15.9. The predicted octanol–water partition coefficient (Wildman–Crippen LogP) is 1.15. The molecular formula is C17H32IN5O3. The SMILES string of the molecule is CCNC(=NCCN(C)CCCOC)NCCNC(=O)c1ccco1.I. The molecule has 1 amide bonds. The van der Waals surface area contributed by atoms with Gasteiger partial charge in [-0.15, -0.1) is 24.0 Å². The Morgan fingerprint density at radius 1 is 1.27 bits per heavy atom. The number of carbonyl (C=O) groups excluding carboxylic acids is 1. The largest absolute Gasteiger partial charge is 0.459 e. The number of rotatable bonds is 12. The molecule has 0 bridgehead atoms. The fourth-order valence-corrected chi connectivity index (χ4v) is 2.12. The Hall–Kier alpha value is -1.33. The number of likely N-dealkylation sites (N-methyl/N-ethyl adjacent to an activating group) is 1. The number of guanidine groups is 1. The zero-order chi connectivity index (χ0) is 18.3. The lowest BCUT2D eigenvalue weighted by Gasteiger charge is -2.16. The van der Waals surface area contributed by atoms with E-state index in [9.17, 15) is 4.79 Å². The van der Waals surface area contributed by atoms with Gasteiger partial charge in [0.15, 0.2) is 11.7 Å². The molecule has 26 heavy (non-hydrogen) atoms. The van der Waals surface area contributed by atoms with Gasteiger partial charge < -0.3 is 30.0 Å². The monoisotopic (exact) mass is 481 g/mol. The minimum absolute atomic E-state index is 0. The van der Waals surface area contributed by atoms with Crippen molar-refractivity contribution < 1.29 is 13.9 Å². The molecule has 0 aromatic carbocycles. The van der Waals surface area contributed by atoms with E-state index >= 15 is 0 Å². The Kier molecular flexibility index (Phi) is 15.1. The number of aliphatic imine (C=N–C) groups is 1. The van der Waals surface area contributed by atoms with E-state index in [1.165, 1.54) is 6.26 Å². The van der Waals surface area contributed by atoms with Gasteiger partial charge in [0.25, 0.3) is 5.91 Å². The number of amides is 1. The van der Waals surface area contributed by atoms with E-state index in [4.69, 9.17) is 9.15 Å². The number of nitrogens with one attached hydrogen (secondary N) is 3. The molecule has 0 aliphatic rings. The van der Waals surface area contributed by atoms with Crippen LogP contribution in [0.2, 0.25) is 0 Å². The number of furan rings is 1. The standard InChI is InChI=1S/C17H31N5O3.HI/c1-4-18-17(21-10-12-22(2)11-6-13-24-3)20-9-8-19-16(23)15-7-5-14-25-15;/h5,7,14H,4,6,8-13H2,1-3H3,(H,19,23)(H2,18,20,21);1H. The maximum absolute atomic E-state index is 11.7. The minimum Gasteiger partial charge on any atom is -0.459 e. The summed E-state index contributed by atoms with van der Waals surface area (Å²) in [6.45, 7) is 7.24. The maximum atomic E-state index is 11.7. The third-order valence-corrected chi connectivity index (χ3v) is 3.43. The van der Waals surface area contributed by atoms with Gasteiger partial charge in [0, 0.05) is 46.4 Å². The molecule has 0 aliphatic heterocycles. The molecule has 0 fully saturated rings. The summed E-state index contributed by atoms with van der Waals surface area (Å²) in [6, 6.07) is 3.33. The third-order valence-electron chi connectivity index (χ3n) is 3.43. The van der Waals surface area contributed by atoms with Gasteiger partial charge in [0.2, 0.25) is 0 Å². The Labute approximate surface area is 173 Å². The highest BCUT2D eigenvalue weighted by Crippen LogP contribution is 1.98. The topological polar surface area (TPSA) is 91.1 Å². The molecule has 9 heteroatoms. The highest BCUT2D eigenvalue weighted by atomic mass is 127. The van der Waals surface area contributed by atoms with Crippen LogP contribution in [-0.2, 0) is 4.74 Å². The van der Waals surface area contributed by atoms with Crippen LogP contribution in [0.5, 0.6) is 0 Å². The Morgan fingerprint density at radius 3 is 2.69 bits per heavy atom. The molecule has 8 nitrogen and oxygen atoms in total. The van der Waals surface area contributed by atoms with Crippen molar-refractivity contribution in [2.75, 3.05) is 60.0 Å². The summed E-state index contributed by atoms with van der Waals surface area (Å²) in [6.07, 6.45) is 2.50. The molecule has 0 saturated carbocycles. The zero-order valence-electron chi connectivity index (χ0n) is 15.9. The van der Waals surface area contributed by atoms with Gasteiger partial charge in [0.1, 0.15) is 0 Å². The van der Waals surface area contributed by atoms with Crippen LogP contribution >= 0.6 is 24.0 Å². The van der Waals surface area contributed by atoms with Crippen LogP contribution in [0.1, 0.15) is 23.9 Å². The second-order valence-electron chi connectivity index (χ2n) is 5.57. The van der Waals surface area contributed by atoms with E-state index in [1.807, 2.05) is 6.92 Å². The zero-order valence-corrected chi connectivity index (χ0v) is 18.2. The summed E-state index contributed by atoms with van der Waals surface area (Å²) < 4.78 is 10.1. The molecule has 150 valence electrons. The van der Waals surface area contributed by atoms with Crippen LogP contribution in [0, 0.1) is 0 Å². The number of methoxy groups -OCH3 is 1. The van der Waals surface area contributed by atoms with Crippen molar-refractivity contribution in [2.45, 2.75) is 13.3 Å². The van der Waals surface area contributed by atoms with Gasteiger partial charge in [-0.2, -0.15) is 0 Å². The lowest BCUT2D eigenvalue weighted by molar-refractivity contribution is 0.0926. The normalized spacial score (nSPS) is 11.2. The molecule has 0 unspecified atom stereocenters. The molecule has 0 spiro atoms. The average Bonchev–Trinajstić information content (AvgIpc) is 3.13. The van der Waals surface area contributed by atoms with Gasteiger partial charge in [-0.3, -0.25) is 9.79 Å². The Bertz CT molecular complexity index is 497.